The maximum atomic E-state index is 12.8. The van der Waals surface area contributed by atoms with Crippen LogP contribution in [0, 0.1) is 0 Å². The smallest absolute Gasteiger partial charge is 0.306 e. The first-order valence-corrected chi connectivity index (χ1v) is 9.62. The molecule has 0 radical (unpaired) electrons. The lowest BCUT2D eigenvalue weighted by molar-refractivity contribution is -0.137. The monoisotopic (exact) mass is 384 g/mol. The summed E-state index contributed by atoms with van der Waals surface area (Å²) < 4.78 is 65.8. The summed E-state index contributed by atoms with van der Waals surface area (Å²) in [5.41, 5.74) is 0.358. The van der Waals surface area contributed by atoms with E-state index in [9.17, 15) is 21.6 Å². The molecule has 2 aromatic carbocycles. The highest BCUT2D eigenvalue weighted by molar-refractivity contribution is 7.92. The first-order chi connectivity index (χ1) is 12.1. The minimum Gasteiger partial charge on any atom is -0.306 e. The lowest BCUT2D eigenvalue weighted by Crippen LogP contribution is -2.15. The quantitative estimate of drug-likeness (QED) is 0.869. The van der Waals surface area contributed by atoms with E-state index < -0.39 is 26.7 Å². The van der Waals surface area contributed by atoms with Crippen molar-refractivity contribution in [1.29, 1.82) is 0 Å². The molecule has 1 aliphatic rings. The molecule has 26 heavy (non-hydrogen) atoms. The Kier molecular flexibility index (Phi) is 4.98. The Morgan fingerprint density at radius 2 is 1.85 bits per heavy atom. The number of likely N-dealkylation sites (tertiary alicyclic amines) is 1. The summed E-state index contributed by atoms with van der Waals surface area (Å²) in [6.07, 6.45) is -3.61. The predicted octanol–water partition coefficient (Wildman–Crippen LogP) is 3.93. The zero-order valence-electron chi connectivity index (χ0n) is 14.1. The van der Waals surface area contributed by atoms with Crippen LogP contribution in [-0.4, -0.2) is 33.5 Å². The van der Waals surface area contributed by atoms with Gasteiger partial charge in [-0.3, -0.25) is 4.72 Å². The molecular formula is C18H19F3N2O2S. The average Bonchev–Trinajstić information content (AvgIpc) is 3.01. The van der Waals surface area contributed by atoms with Crippen LogP contribution in [0.3, 0.4) is 0 Å². The molecule has 1 atom stereocenters. The number of nitrogens with one attached hydrogen (secondary N) is 1. The van der Waals surface area contributed by atoms with Gasteiger partial charge >= 0.3 is 6.18 Å². The third kappa shape index (κ3) is 4.19. The second kappa shape index (κ2) is 6.92. The van der Waals surface area contributed by atoms with Gasteiger partial charge in [0.1, 0.15) is 0 Å². The van der Waals surface area contributed by atoms with E-state index >= 15 is 0 Å². The fourth-order valence-corrected chi connectivity index (χ4v) is 4.21. The number of sulfonamides is 1. The molecule has 1 saturated heterocycles. The van der Waals surface area contributed by atoms with Crippen molar-refractivity contribution >= 4 is 15.7 Å². The number of nitrogens with zero attached hydrogens (tertiary/aromatic N) is 1. The molecule has 0 spiro atoms. The Bertz CT molecular complexity index is 897. The van der Waals surface area contributed by atoms with E-state index in [0.29, 0.717) is 17.7 Å². The molecule has 0 aromatic heterocycles. The van der Waals surface area contributed by atoms with Crippen LogP contribution in [0.4, 0.5) is 18.9 Å². The van der Waals surface area contributed by atoms with Gasteiger partial charge in [0, 0.05) is 12.2 Å². The number of rotatable bonds is 4. The lowest BCUT2D eigenvalue weighted by Gasteiger charge is -2.14. The van der Waals surface area contributed by atoms with Crippen molar-refractivity contribution in [2.45, 2.75) is 23.4 Å². The number of likely N-dealkylation sites (N-methyl/N-ethyl adjacent to an activating group) is 1. The minimum absolute atomic E-state index is 0.318. The van der Waals surface area contributed by atoms with Gasteiger partial charge in [-0.2, -0.15) is 13.2 Å². The Hall–Kier alpha value is -2.06. The summed E-state index contributed by atoms with van der Waals surface area (Å²) in [5.74, 6) is 0.318. The Morgan fingerprint density at radius 1 is 1.12 bits per heavy atom. The number of benzene rings is 2. The van der Waals surface area contributed by atoms with E-state index in [1.165, 1.54) is 0 Å². The second-order valence-electron chi connectivity index (χ2n) is 6.50. The zero-order valence-corrected chi connectivity index (χ0v) is 14.9. The summed E-state index contributed by atoms with van der Waals surface area (Å²) in [7, 11) is -2.08. The van der Waals surface area contributed by atoms with Gasteiger partial charge in [0.05, 0.1) is 10.5 Å². The molecule has 1 N–H and O–H groups in total. The topological polar surface area (TPSA) is 49.4 Å². The third-order valence-electron chi connectivity index (χ3n) is 4.47. The van der Waals surface area contributed by atoms with Crippen LogP contribution in [0.1, 0.15) is 23.5 Å². The standard InChI is InChI=1S/C18H19F3N2O2S/c1-23-9-8-14(12-23)13-4-2-6-16(10-13)22-26(24,25)17-7-3-5-15(11-17)18(19,20)21/h2-7,10-11,14,22H,8-9,12H2,1H3. The maximum Gasteiger partial charge on any atom is 0.416 e. The van der Waals surface area contributed by atoms with Crippen LogP contribution in [0.15, 0.2) is 53.4 Å². The molecule has 1 heterocycles. The van der Waals surface area contributed by atoms with Crippen LogP contribution in [0.2, 0.25) is 0 Å². The molecule has 0 amide bonds. The van der Waals surface area contributed by atoms with Crippen LogP contribution in [-0.2, 0) is 16.2 Å². The number of anilines is 1. The van der Waals surface area contributed by atoms with Crippen molar-refractivity contribution in [2.24, 2.45) is 0 Å². The van der Waals surface area contributed by atoms with Gasteiger partial charge in [-0.25, -0.2) is 8.42 Å². The van der Waals surface area contributed by atoms with E-state index in [0.717, 1.165) is 43.3 Å². The lowest BCUT2D eigenvalue weighted by atomic mass is 9.98. The predicted molar refractivity (Wildman–Crippen MR) is 93.5 cm³/mol. The summed E-state index contributed by atoms with van der Waals surface area (Å²) in [6, 6.07) is 10.7. The highest BCUT2D eigenvalue weighted by Crippen LogP contribution is 2.31. The van der Waals surface area contributed by atoms with Gasteiger partial charge in [-0.05, 0) is 61.8 Å². The van der Waals surface area contributed by atoms with E-state index in [1.807, 2.05) is 13.1 Å². The minimum atomic E-state index is -4.60. The Morgan fingerprint density at radius 3 is 2.50 bits per heavy atom. The van der Waals surface area contributed by atoms with E-state index in [2.05, 4.69) is 9.62 Å². The van der Waals surface area contributed by atoms with Crippen molar-refractivity contribution in [2.75, 3.05) is 24.9 Å². The van der Waals surface area contributed by atoms with Crippen LogP contribution in [0.5, 0.6) is 0 Å². The number of alkyl halides is 3. The Labute approximate surface area is 150 Å². The van der Waals surface area contributed by atoms with Gasteiger partial charge in [0.25, 0.3) is 10.0 Å². The van der Waals surface area contributed by atoms with E-state index in [1.54, 1.807) is 18.2 Å². The molecule has 8 heteroatoms. The van der Waals surface area contributed by atoms with Gasteiger partial charge < -0.3 is 4.90 Å². The van der Waals surface area contributed by atoms with Gasteiger partial charge in [-0.15, -0.1) is 0 Å². The molecule has 2 aromatic rings. The van der Waals surface area contributed by atoms with Crippen LogP contribution >= 0.6 is 0 Å². The SMILES string of the molecule is CN1CCC(c2cccc(NS(=O)(=O)c3cccc(C(F)(F)F)c3)c2)C1. The first kappa shape index (κ1) is 18.7. The highest BCUT2D eigenvalue weighted by atomic mass is 32.2. The zero-order chi connectivity index (χ0) is 18.9. The average molecular weight is 384 g/mol. The van der Waals surface area contributed by atoms with Crippen molar-refractivity contribution in [3.63, 3.8) is 0 Å². The summed E-state index contributed by atoms with van der Waals surface area (Å²) in [4.78, 5) is 1.78. The molecule has 1 aliphatic heterocycles. The number of hydrogen-bond acceptors (Lipinski definition) is 3. The fraction of sp³-hybridized carbons (Fsp3) is 0.333. The summed E-state index contributed by atoms with van der Waals surface area (Å²) in [5, 5.41) is 0. The highest BCUT2D eigenvalue weighted by Gasteiger charge is 2.31. The first-order valence-electron chi connectivity index (χ1n) is 8.14. The van der Waals surface area contributed by atoms with Crippen LogP contribution in [0.25, 0.3) is 0 Å². The molecule has 0 aliphatic carbocycles. The van der Waals surface area contributed by atoms with Crippen molar-refractivity contribution in [3.05, 3.63) is 59.7 Å². The largest absolute Gasteiger partial charge is 0.416 e. The molecule has 1 fully saturated rings. The summed E-state index contributed by atoms with van der Waals surface area (Å²) >= 11 is 0. The number of halogens is 3. The molecular weight excluding hydrogens is 365 g/mol. The number of hydrogen-bond donors (Lipinski definition) is 1. The molecule has 0 saturated carbocycles. The van der Waals surface area contributed by atoms with E-state index in [4.69, 9.17) is 0 Å². The third-order valence-corrected chi connectivity index (χ3v) is 5.85. The molecule has 4 nitrogen and oxygen atoms in total. The molecule has 0 bridgehead atoms. The Balaban J connectivity index is 1.84. The molecule has 3 rings (SSSR count). The maximum absolute atomic E-state index is 12.8. The molecule has 1 unspecified atom stereocenters. The van der Waals surface area contributed by atoms with Gasteiger partial charge in [-0.1, -0.05) is 18.2 Å². The normalized spacial score (nSPS) is 18.8. The summed E-state index contributed by atoms with van der Waals surface area (Å²) in [6.45, 7) is 1.87. The van der Waals surface area contributed by atoms with Crippen molar-refractivity contribution < 1.29 is 21.6 Å². The van der Waals surface area contributed by atoms with Crippen molar-refractivity contribution in [1.82, 2.24) is 4.90 Å². The molecule has 140 valence electrons. The fourth-order valence-electron chi connectivity index (χ4n) is 3.12. The second-order valence-corrected chi connectivity index (χ2v) is 8.19. The van der Waals surface area contributed by atoms with Crippen LogP contribution < -0.4 is 4.72 Å². The van der Waals surface area contributed by atoms with Crippen molar-refractivity contribution in [3.8, 4) is 0 Å². The van der Waals surface area contributed by atoms with Gasteiger partial charge in [0.15, 0.2) is 0 Å². The van der Waals surface area contributed by atoms with Gasteiger partial charge in [0.2, 0.25) is 0 Å². The van der Waals surface area contributed by atoms with E-state index in [-0.39, 0.29) is 0 Å².